The molecule has 0 saturated carbocycles. The Kier molecular flexibility index (Phi) is 18.4. The lowest BCUT2D eigenvalue weighted by molar-refractivity contribution is -0.275. The summed E-state index contributed by atoms with van der Waals surface area (Å²) in [6.07, 6.45) is -8.74. The summed E-state index contributed by atoms with van der Waals surface area (Å²) in [5.74, 6) is 0. The van der Waals surface area contributed by atoms with Crippen molar-refractivity contribution in [2.24, 2.45) is 0 Å². The Morgan fingerprint density at radius 1 is 0.609 bits per heavy atom. The van der Waals surface area contributed by atoms with Gasteiger partial charge in [-0.2, -0.15) is 8.42 Å². The Morgan fingerprint density at radius 2 is 1.09 bits per heavy atom. The molecule has 370 valence electrons. The van der Waals surface area contributed by atoms with Gasteiger partial charge in [0.05, 0.1) is 51.8 Å². The average Bonchev–Trinajstić information content (AvgIpc) is 3.64. The van der Waals surface area contributed by atoms with E-state index in [0.717, 1.165) is 32.9 Å². The van der Waals surface area contributed by atoms with E-state index in [0.29, 0.717) is 0 Å². The van der Waals surface area contributed by atoms with E-state index in [1.54, 1.807) is 27.7 Å². The van der Waals surface area contributed by atoms with Crippen molar-refractivity contribution in [1.82, 2.24) is 19.6 Å². The maximum Gasteiger partial charge on any atom is 0.363 e. The molecule has 9 atom stereocenters. The summed E-state index contributed by atoms with van der Waals surface area (Å²) in [4.78, 5) is 40.9. The molecule has 3 N–H and O–H groups in total. The summed E-state index contributed by atoms with van der Waals surface area (Å²) < 4.78 is 87.1. The minimum atomic E-state index is -4.88. The van der Waals surface area contributed by atoms with Gasteiger partial charge in [0.25, 0.3) is 5.56 Å². The SMILES string of the molecule is CC(C)OC1[C@H](n2ccc(=O)[nH]c2=O)O[C@H](COS(=O)(=O)NC(=O)N[C@H]2O[C@H](COCc3ccccc3)[C@@H](OCc3ccccc3)[C@H](OCc3ccccc3)[C@H]2OCc2ccccc2)[C@H]1OC(C)C. The zero-order valence-corrected chi connectivity index (χ0v) is 39.7. The van der Waals surface area contributed by atoms with Crippen molar-refractivity contribution in [2.45, 2.75) is 122 Å². The smallest absolute Gasteiger partial charge is 0.363 e. The molecule has 4 aromatic carbocycles. The van der Waals surface area contributed by atoms with E-state index < -0.39 is 95.5 Å². The van der Waals surface area contributed by atoms with Crippen molar-refractivity contribution in [3.05, 3.63) is 177 Å². The van der Waals surface area contributed by atoms with Gasteiger partial charge in [-0.05, 0) is 49.9 Å². The Hall–Kier alpha value is -5.58. The second-order valence-electron chi connectivity index (χ2n) is 17.1. The molecule has 2 aliphatic heterocycles. The Labute approximate surface area is 401 Å². The van der Waals surface area contributed by atoms with Crippen LogP contribution in [0, 0.1) is 0 Å². The molecular weight excluding hydrogens is 913 g/mol. The minimum Gasteiger partial charge on any atom is -0.374 e. The van der Waals surface area contributed by atoms with Crippen LogP contribution in [0.25, 0.3) is 0 Å². The molecule has 19 heteroatoms. The van der Waals surface area contributed by atoms with Gasteiger partial charge in [-0.15, -0.1) is 0 Å². The molecule has 69 heavy (non-hydrogen) atoms. The third-order valence-electron chi connectivity index (χ3n) is 11.0. The Balaban J connectivity index is 1.13. The number of H-pyrrole nitrogens is 1. The van der Waals surface area contributed by atoms with Crippen LogP contribution >= 0.6 is 0 Å². The number of hydrogen-bond donors (Lipinski definition) is 3. The quantitative estimate of drug-likeness (QED) is 0.0761. The number of ether oxygens (including phenoxy) is 8. The van der Waals surface area contributed by atoms with E-state index in [2.05, 4.69) is 10.3 Å². The molecule has 18 nitrogen and oxygen atoms in total. The van der Waals surface area contributed by atoms with Gasteiger partial charge in [0.15, 0.2) is 12.5 Å². The molecule has 2 fully saturated rings. The van der Waals surface area contributed by atoms with Crippen molar-refractivity contribution in [3.63, 3.8) is 0 Å². The van der Waals surface area contributed by atoms with Crippen molar-refractivity contribution in [3.8, 4) is 0 Å². The van der Waals surface area contributed by atoms with Crippen LogP contribution < -0.4 is 21.3 Å². The summed E-state index contributed by atoms with van der Waals surface area (Å²) in [6.45, 7) is 7.03. The van der Waals surface area contributed by atoms with Crippen molar-refractivity contribution >= 4 is 16.3 Å². The number of carbonyl (C=O) groups excluding carboxylic acids is 1. The monoisotopic (exact) mass is 972 g/mol. The second-order valence-corrected chi connectivity index (χ2v) is 18.4. The fourth-order valence-electron chi connectivity index (χ4n) is 8.00. The number of aromatic amines is 1. The number of rotatable bonds is 23. The molecule has 0 radical (unpaired) electrons. The largest absolute Gasteiger partial charge is 0.374 e. The highest BCUT2D eigenvalue weighted by molar-refractivity contribution is 7.85. The molecular formula is C50H60N4O14S. The first-order valence-electron chi connectivity index (χ1n) is 22.8. The molecule has 2 aliphatic rings. The maximum atomic E-state index is 13.9. The van der Waals surface area contributed by atoms with Crippen LogP contribution in [-0.2, 0) is 78.8 Å². The topological polar surface area (TPSA) is 213 Å². The Morgan fingerprint density at radius 3 is 1.61 bits per heavy atom. The molecule has 3 heterocycles. The number of nitrogens with one attached hydrogen (secondary N) is 3. The number of amides is 2. The van der Waals surface area contributed by atoms with Crippen LogP contribution in [0.2, 0.25) is 0 Å². The zero-order valence-electron chi connectivity index (χ0n) is 38.9. The standard InChI is InChI=1S/C50H60N4O14S/c1-33(2)65-43-40(68-48(46(43)66-34(3)4)54-26-25-41(55)51-50(54)57)32-64-69(58,59)53-49(56)52-47-45(63-30-38-23-15-8-16-24-38)44(62-29-37-21-13-7-14-22-37)42(61-28-36-19-11-6-12-20-36)39(67-47)31-60-27-35-17-9-5-10-18-35/h5-26,33-34,39-40,42-48H,27-32H2,1-4H3,(H,51,55,57)(H2,52,53,56)/t39-,40-,42-,43-,44+,45-,46?,47+,48-/m1/s1. The summed E-state index contributed by atoms with van der Waals surface area (Å²) in [5, 5.41) is 2.66. The summed E-state index contributed by atoms with van der Waals surface area (Å²) in [6, 6.07) is 38.0. The van der Waals surface area contributed by atoms with E-state index in [1.807, 2.05) is 126 Å². The number of benzene rings is 4. The van der Waals surface area contributed by atoms with Crippen LogP contribution in [-0.4, -0.2) is 98.4 Å². The third-order valence-corrected chi connectivity index (χ3v) is 11.9. The lowest BCUT2D eigenvalue weighted by Gasteiger charge is -2.46. The molecule has 0 aliphatic carbocycles. The minimum absolute atomic E-state index is 0.0130. The van der Waals surface area contributed by atoms with Crippen molar-refractivity contribution in [2.75, 3.05) is 13.2 Å². The number of urea groups is 1. The maximum absolute atomic E-state index is 13.9. The molecule has 2 saturated heterocycles. The van der Waals surface area contributed by atoms with Gasteiger partial charge in [-0.3, -0.25) is 18.5 Å². The van der Waals surface area contributed by atoms with Gasteiger partial charge >= 0.3 is 22.0 Å². The molecule has 5 aromatic rings. The first-order valence-corrected chi connectivity index (χ1v) is 24.2. The van der Waals surface area contributed by atoms with Crippen LogP contribution in [0.15, 0.2) is 143 Å². The van der Waals surface area contributed by atoms with Gasteiger partial charge in [0.2, 0.25) is 0 Å². The molecule has 0 bridgehead atoms. The highest BCUT2D eigenvalue weighted by Crippen LogP contribution is 2.35. The second kappa shape index (κ2) is 24.8. The normalized spacial score (nSPS) is 23.8. The van der Waals surface area contributed by atoms with Crippen LogP contribution in [0.5, 0.6) is 0 Å². The van der Waals surface area contributed by atoms with Crippen LogP contribution in [0.3, 0.4) is 0 Å². The van der Waals surface area contributed by atoms with Gasteiger partial charge < -0.3 is 43.2 Å². The molecule has 1 aromatic heterocycles. The summed E-state index contributed by atoms with van der Waals surface area (Å²) >= 11 is 0. The van der Waals surface area contributed by atoms with Crippen LogP contribution in [0.1, 0.15) is 56.2 Å². The van der Waals surface area contributed by atoms with E-state index in [4.69, 9.17) is 42.1 Å². The molecule has 7 rings (SSSR count). The first-order chi connectivity index (χ1) is 33.3. The highest BCUT2D eigenvalue weighted by atomic mass is 32.2. The third kappa shape index (κ3) is 15.0. The molecule has 0 spiro atoms. The van der Waals surface area contributed by atoms with Gasteiger partial charge in [0.1, 0.15) is 42.7 Å². The summed E-state index contributed by atoms with van der Waals surface area (Å²) in [5.41, 5.74) is 2.10. The number of nitrogens with zero attached hydrogens (tertiary/aromatic N) is 1. The highest BCUT2D eigenvalue weighted by Gasteiger charge is 2.51. The van der Waals surface area contributed by atoms with E-state index in [1.165, 1.54) is 6.20 Å². The fourth-order valence-corrected chi connectivity index (χ4v) is 8.65. The number of aromatic nitrogens is 2. The average molecular weight is 973 g/mol. The first kappa shape index (κ1) is 51.3. The van der Waals surface area contributed by atoms with Crippen molar-refractivity contribution in [1.29, 1.82) is 0 Å². The van der Waals surface area contributed by atoms with Crippen molar-refractivity contribution < 1.29 is 55.3 Å². The van der Waals surface area contributed by atoms with Gasteiger partial charge in [-0.1, -0.05) is 121 Å². The van der Waals surface area contributed by atoms with E-state index >= 15 is 0 Å². The zero-order chi connectivity index (χ0) is 48.8. The molecule has 1 unspecified atom stereocenters. The van der Waals surface area contributed by atoms with E-state index in [-0.39, 0.29) is 39.1 Å². The predicted octanol–water partition coefficient (Wildman–Crippen LogP) is 5.28. The lowest BCUT2D eigenvalue weighted by atomic mass is 9.97. The number of hydrogen-bond acceptors (Lipinski definition) is 14. The fraction of sp³-hybridized carbons (Fsp3) is 0.420. The Bertz CT molecular complexity index is 2570. The van der Waals surface area contributed by atoms with Gasteiger partial charge in [-0.25, -0.2) is 14.3 Å². The van der Waals surface area contributed by atoms with Crippen LogP contribution in [0.4, 0.5) is 4.79 Å². The lowest BCUT2D eigenvalue weighted by Crippen LogP contribution is -2.66. The van der Waals surface area contributed by atoms with E-state index in [9.17, 15) is 22.8 Å². The molecule has 2 amide bonds. The predicted molar refractivity (Wildman–Crippen MR) is 252 cm³/mol. The summed E-state index contributed by atoms with van der Waals surface area (Å²) in [7, 11) is -4.88. The van der Waals surface area contributed by atoms with Gasteiger partial charge in [0, 0.05) is 12.3 Å². The number of carbonyl (C=O) groups is 1.